The topological polar surface area (TPSA) is 49.7 Å². The van der Waals surface area contributed by atoms with E-state index in [1.807, 2.05) is 18.2 Å². The highest BCUT2D eigenvalue weighted by molar-refractivity contribution is 8.13. The number of amidine groups is 1. The average Bonchev–Trinajstić information content (AvgIpc) is 3.05. The van der Waals surface area contributed by atoms with Crippen LogP contribution in [0.4, 0.5) is 14.5 Å². The molecule has 2 atom stereocenters. The van der Waals surface area contributed by atoms with Crippen LogP contribution in [-0.4, -0.2) is 37.2 Å². The van der Waals surface area contributed by atoms with Crippen molar-refractivity contribution in [2.24, 2.45) is 4.99 Å². The highest BCUT2D eigenvalue weighted by Gasteiger charge is 2.47. The zero-order valence-electron chi connectivity index (χ0n) is 14.0. The Hall–Kier alpha value is -1.64. The lowest BCUT2D eigenvalue weighted by atomic mass is 10.1. The van der Waals surface area contributed by atoms with Crippen molar-refractivity contribution in [2.75, 3.05) is 16.4 Å². The third kappa shape index (κ3) is 3.83. The molecule has 4 nitrogen and oxygen atoms in total. The molecule has 1 fully saturated rings. The van der Waals surface area contributed by atoms with E-state index in [1.165, 1.54) is 17.8 Å². The summed E-state index contributed by atoms with van der Waals surface area (Å²) in [5, 5.41) is 1.15. The third-order valence-electron chi connectivity index (χ3n) is 4.53. The Bertz CT molecular complexity index is 1030. The molecule has 4 rings (SSSR count). The normalized spacial score (nSPS) is 23.4. The smallest absolute Gasteiger partial charge is 0.164 e. The summed E-state index contributed by atoms with van der Waals surface area (Å²) in [7, 11) is -3.24. The van der Waals surface area contributed by atoms with Crippen LogP contribution >= 0.6 is 23.4 Å². The molecule has 0 unspecified atom stereocenters. The van der Waals surface area contributed by atoms with Gasteiger partial charge < -0.3 is 4.90 Å². The van der Waals surface area contributed by atoms with Gasteiger partial charge in [0, 0.05) is 16.8 Å². The summed E-state index contributed by atoms with van der Waals surface area (Å²) in [5.41, 5.74) is 1.11. The number of aliphatic imine (C=N–C) groups is 1. The standard InChI is InChI=1S/C18H15ClF2N2O2S2/c19-12-3-1-2-11(6-12)8-26-18-22-15-9-27(24,25)10-17(15)23(18)16-5-4-13(20)7-14(16)21/h1-7,15,17H,8-10H2/t15-,17-/m1/s1. The summed E-state index contributed by atoms with van der Waals surface area (Å²) in [6.07, 6.45) is 0. The predicted molar refractivity (Wildman–Crippen MR) is 105 cm³/mol. The molecule has 0 amide bonds. The largest absolute Gasteiger partial charge is 0.312 e. The maximum Gasteiger partial charge on any atom is 0.164 e. The number of anilines is 1. The molecule has 2 heterocycles. The van der Waals surface area contributed by atoms with Gasteiger partial charge in [0.05, 0.1) is 29.3 Å². The first kappa shape index (κ1) is 18.7. The monoisotopic (exact) mass is 428 g/mol. The highest BCUT2D eigenvalue weighted by atomic mass is 35.5. The van der Waals surface area contributed by atoms with Gasteiger partial charge in [0.15, 0.2) is 15.0 Å². The Morgan fingerprint density at radius 2 is 2.00 bits per heavy atom. The second-order valence-electron chi connectivity index (χ2n) is 6.51. The molecule has 0 bridgehead atoms. The number of hydrogen-bond acceptors (Lipinski definition) is 5. The van der Waals surface area contributed by atoms with E-state index < -0.39 is 33.6 Å². The molecule has 2 aliphatic rings. The summed E-state index contributed by atoms with van der Waals surface area (Å²) in [5.74, 6) is -1.03. The number of benzene rings is 2. The highest BCUT2D eigenvalue weighted by Crippen LogP contribution is 2.37. The maximum absolute atomic E-state index is 14.4. The van der Waals surface area contributed by atoms with E-state index in [9.17, 15) is 17.2 Å². The fraction of sp³-hybridized carbons (Fsp3) is 0.278. The van der Waals surface area contributed by atoms with E-state index in [0.717, 1.165) is 17.7 Å². The van der Waals surface area contributed by atoms with Crippen molar-refractivity contribution in [3.8, 4) is 0 Å². The molecule has 0 aliphatic carbocycles. The molecule has 142 valence electrons. The summed E-state index contributed by atoms with van der Waals surface area (Å²) in [4.78, 5) is 6.13. The number of thioether (sulfide) groups is 1. The molecule has 1 saturated heterocycles. The van der Waals surface area contributed by atoms with Crippen LogP contribution in [0.25, 0.3) is 0 Å². The van der Waals surface area contributed by atoms with Gasteiger partial charge in [0.1, 0.15) is 11.6 Å². The van der Waals surface area contributed by atoms with Crippen LogP contribution in [0.3, 0.4) is 0 Å². The number of sulfone groups is 1. The number of fused-ring (bicyclic) bond motifs is 1. The van der Waals surface area contributed by atoms with Crippen molar-refractivity contribution < 1.29 is 17.2 Å². The molecule has 9 heteroatoms. The molecule has 0 N–H and O–H groups in total. The van der Waals surface area contributed by atoms with Crippen LogP contribution in [0.15, 0.2) is 47.5 Å². The second kappa shape index (κ2) is 7.07. The molecule has 27 heavy (non-hydrogen) atoms. The Morgan fingerprint density at radius 1 is 1.19 bits per heavy atom. The van der Waals surface area contributed by atoms with Crippen LogP contribution in [0.1, 0.15) is 5.56 Å². The zero-order valence-corrected chi connectivity index (χ0v) is 16.4. The van der Waals surface area contributed by atoms with Gasteiger partial charge in [-0.1, -0.05) is 35.5 Å². The van der Waals surface area contributed by atoms with Gasteiger partial charge in [-0.25, -0.2) is 17.2 Å². The molecular formula is C18H15ClF2N2O2S2. The van der Waals surface area contributed by atoms with Crippen LogP contribution < -0.4 is 4.90 Å². The van der Waals surface area contributed by atoms with Crippen molar-refractivity contribution in [3.05, 3.63) is 64.7 Å². The first-order valence-electron chi connectivity index (χ1n) is 8.22. The Balaban J connectivity index is 1.65. The third-order valence-corrected chi connectivity index (χ3v) is 7.51. The van der Waals surface area contributed by atoms with Crippen LogP contribution in [0.5, 0.6) is 0 Å². The number of rotatable bonds is 3. The van der Waals surface area contributed by atoms with Crippen LogP contribution in [-0.2, 0) is 15.6 Å². The lowest BCUT2D eigenvalue weighted by Crippen LogP contribution is -2.39. The number of halogens is 3. The number of hydrogen-bond donors (Lipinski definition) is 0. The Morgan fingerprint density at radius 3 is 2.74 bits per heavy atom. The molecule has 0 saturated carbocycles. The maximum atomic E-state index is 14.4. The zero-order chi connectivity index (χ0) is 19.2. The van der Waals surface area contributed by atoms with Crippen molar-refractivity contribution in [2.45, 2.75) is 17.8 Å². The van der Waals surface area contributed by atoms with Gasteiger partial charge in [0.25, 0.3) is 0 Å². The molecule has 0 aromatic heterocycles. The second-order valence-corrected chi connectivity index (χ2v) is 10.0. The van der Waals surface area contributed by atoms with Gasteiger partial charge in [0.2, 0.25) is 0 Å². The average molecular weight is 429 g/mol. The molecule has 2 aliphatic heterocycles. The summed E-state index contributed by atoms with van der Waals surface area (Å²) >= 11 is 7.39. The first-order chi connectivity index (χ1) is 12.8. The van der Waals surface area contributed by atoms with Crippen molar-refractivity contribution in [1.82, 2.24) is 0 Å². The quantitative estimate of drug-likeness (QED) is 0.744. The van der Waals surface area contributed by atoms with E-state index in [-0.39, 0.29) is 17.2 Å². The van der Waals surface area contributed by atoms with Crippen molar-refractivity contribution in [1.29, 1.82) is 0 Å². The lowest BCUT2D eigenvalue weighted by Gasteiger charge is -2.26. The first-order valence-corrected chi connectivity index (χ1v) is 11.4. The van der Waals surface area contributed by atoms with Gasteiger partial charge in [-0.3, -0.25) is 4.99 Å². The molecule has 0 spiro atoms. The van der Waals surface area contributed by atoms with Crippen LogP contribution in [0, 0.1) is 11.6 Å². The fourth-order valence-corrected chi connectivity index (χ4v) is 6.48. The molecule has 2 aromatic rings. The van der Waals surface area contributed by atoms with Crippen LogP contribution in [0.2, 0.25) is 5.02 Å². The lowest BCUT2D eigenvalue weighted by molar-refractivity contribution is 0.577. The van der Waals surface area contributed by atoms with Gasteiger partial charge in [-0.15, -0.1) is 0 Å². The summed E-state index contributed by atoms with van der Waals surface area (Å²) in [6, 6.07) is 9.73. The van der Waals surface area contributed by atoms with Crippen molar-refractivity contribution in [3.63, 3.8) is 0 Å². The van der Waals surface area contributed by atoms with Gasteiger partial charge in [-0.05, 0) is 29.8 Å². The van der Waals surface area contributed by atoms with E-state index >= 15 is 0 Å². The SMILES string of the molecule is O=S1(=O)C[C@@H]2[C@@H](C1)N=C(SCc1cccc(Cl)c1)N2c1ccc(F)cc1F. The van der Waals surface area contributed by atoms with Gasteiger partial charge >= 0.3 is 0 Å². The van der Waals surface area contributed by atoms with E-state index in [1.54, 1.807) is 11.0 Å². The predicted octanol–water partition coefficient (Wildman–Crippen LogP) is 3.89. The molecule has 0 radical (unpaired) electrons. The summed E-state index contributed by atoms with van der Waals surface area (Å²) in [6.45, 7) is 0. The minimum absolute atomic E-state index is 0.0573. The van der Waals surface area contributed by atoms with E-state index in [4.69, 9.17) is 11.6 Å². The Labute approximate surface area is 165 Å². The minimum atomic E-state index is -3.24. The van der Waals surface area contributed by atoms with Gasteiger partial charge in [-0.2, -0.15) is 0 Å². The fourth-order valence-electron chi connectivity index (χ4n) is 3.37. The summed E-state index contributed by atoms with van der Waals surface area (Å²) < 4.78 is 51.8. The minimum Gasteiger partial charge on any atom is -0.312 e. The number of nitrogens with zero attached hydrogens (tertiary/aromatic N) is 2. The van der Waals surface area contributed by atoms with Crippen molar-refractivity contribution >= 4 is 44.1 Å². The van der Waals surface area contributed by atoms with E-state index in [2.05, 4.69) is 4.99 Å². The Kier molecular flexibility index (Phi) is 4.90. The molecular weight excluding hydrogens is 414 g/mol. The van der Waals surface area contributed by atoms with E-state index in [0.29, 0.717) is 15.9 Å². The molecule has 2 aromatic carbocycles.